The summed E-state index contributed by atoms with van der Waals surface area (Å²) in [7, 11) is 0. The maximum Gasteiger partial charge on any atom is 0.0345 e. The summed E-state index contributed by atoms with van der Waals surface area (Å²) in [6.07, 6.45) is 0. The molecule has 15 heavy (non-hydrogen) atoms. The molecule has 0 aliphatic carbocycles. The van der Waals surface area contributed by atoms with Crippen molar-refractivity contribution in [3.05, 3.63) is 23.8 Å². The van der Waals surface area contributed by atoms with Gasteiger partial charge in [0.15, 0.2) is 0 Å². The molecule has 84 valence electrons. The van der Waals surface area contributed by atoms with Gasteiger partial charge in [0.1, 0.15) is 0 Å². The third kappa shape index (κ3) is 3.46. The van der Waals surface area contributed by atoms with E-state index in [2.05, 4.69) is 32.2 Å². The topological polar surface area (TPSA) is 38.0 Å². The molecule has 0 bridgehead atoms. The second kappa shape index (κ2) is 5.06. The molecule has 0 aliphatic rings. The molecule has 1 unspecified atom stereocenters. The number of nitrogen functional groups attached to an aromatic ring is 1. The summed E-state index contributed by atoms with van der Waals surface area (Å²) in [5, 5.41) is 3.44. The van der Waals surface area contributed by atoms with Crippen LogP contribution in [0.4, 0.5) is 11.4 Å². The number of anilines is 2. The number of benzene rings is 1. The first-order chi connectivity index (χ1) is 7.00. The molecule has 0 saturated carbocycles. The van der Waals surface area contributed by atoms with E-state index >= 15 is 0 Å². The van der Waals surface area contributed by atoms with Gasteiger partial charge in [-0.2, -0.15) is 0 Å². The maximum atomic E-state index is 5.77. The molecule has 1 atom stereocenters. The summed E-state index contributed by atoms with van der Waals surface area (Å²) in [6, 6.07) is 6.09. The summed E-state index contributed by atoms with van der Waals surface area (Å²) in [6.45, 7) is 9.82. The van der Waals surface area contributed by atoms with Gasteiger partial charge in [-0.25, -0.2) is 0 Å². The van der Waals surface area contributed by atoms with Crippen LogP contribution in [0.3, 0.4) is 0 Å². The molecule has 0 radical (unpaired) electrons. The number of hydrogen-bond acceptors (Lipinski definition) is 2. The number of rotatable bonds is 4. The smallest absolute Gasteiger partial charge is 0.0345 e. The van der Waals surface area contributed by atoms with E-state index in [4.69, 9.17) is 5.73 Å². The molecular weight excluding hydrogens is 184 g/mol. The van der Waals surface area contributed by atoms with Gasteiger partial charge in [0.05, 0.1) is 0 Å². The molecule has 0 spiro atoms. The Labute approximate surface area is 92.9 Å². The van der Waals surface area contributed by atoms with E-state index in [0.717, 1.165) is 23.5 Å². The van der Waals surface area contributed by atoms with E-state index in [9.17, 15) is 0 Å². The van der Waals surface area contributed by atoms with Gasteiger partial charge in [0.25, 0.3) is 0 Å². The fraction of sp³-hybridized carbons (Fsp3) is 0.538. The third-order valence-electron chi connectivity index (χ3n) is 3.04. The van der Waals surface area contributed by atoms with Crippen molar-refractivity contribution >= 4 is 11.4 Å². The van der Waals surface area contributed by atoms with Gasteiger partial charge in [-0.3, -0.25) is 0 Å². The predicted octanol–water partition coefficient (Wildman–Crippen LogP) is 3.28. The molecule has 2 nitrogen and oxygen atoms in total. The fourth-order valence-corrected chi connectivity index (χ4v) is 1.30. The van der Waals surface area contributed by atoms with Crippen LogP contribution in [0.5, 0.6) is 0 Å². The lowest BCUT2D eigenvalue weighted by Crippen LogP contribution is -2.16. The highest BCUT2D eigenvalue weighted by atomic mass is 14.9. The van der Waals surface area contributed by atoms with Crippen molar-refractivity contribution in [2.45, 2.75) is 27.7 Å². The molecule has 1 aromatic carbocycles. The number of aryl methyl sites for hydroxylation is 1. The van der Waals surface area contributed by atoms with Crippen LogP contribution in [0.25, 0.3) is 0 Å². The highest BCUT2D eigenvalue weighted by Gasteiger charge is 2.06. The standard InChI is InChI=1S/C13H22N2/c1-9(2)11(4)8-15-12-5-6-13(14)10(3)7-12/h5-7,9,11,15H,8,14H2,1-4H3. The molecule has 0 aromatic heterocycles. The van der Waals surface area contributed by atoms with Crippen LogP contribution in [0.2, 0.25) is 0 Å². The number of hydrogen-bond donors (Lipinski definition) is 2. The first-order valence-corrected chi connectivity index (χ1v) is 5.60. The average Bonchev–Trinajstić information content (AvgIpc) is 2.19. The van der Waals surface area contributed by atoms with Gasteiger partial charge >= 0.3 is 0 Å². The van der Waals surface area contributed by atoms with Crippen molar-refractivity contribution in [1.29, 1.82) is 0 Å². The quantitative estimate of drug-likeness (QED) is 0.742. The molecule has 3 N–H and O–H groups in total. The summed E-state index contributed by atoms with van der Waals surface area (Å²) >= 11 is 0. The van der Waals surface area contributed by atoms with Crippen LogP contribution in [-0.2, 0) is 0 Å². The van der Waals surface area contributed by atoms with Crippen molar-refractivity contribution in [2.24, 2.45) is 11.8 Å². The second-order valence-corrected chi connectivity index (χ2v) is 4.67. The zero-order chi connectivity index (χ0) is 11.4. The third-order valence-corrected chi connectivity index (χ3v) is 3.04. The Hall–Kier alpha value is -1.18. The molecule has 0 heterocycles. The minimum atomic E-state index is 0.683. The van der Waals surface area contributed by atoms with Crippen LogP contribution in [0, 0.1) is 18.8 Å². The summed E-state index contributed by atoms with van der Waals surface area (Å²) in [5.74, 6) is 1.40. The predicted molar refractivity (Wildman–Crippen MR) is 68.1 cm³/mol. The van der Waals surface area contributed by atoms with E-state index in [-0.39, 0.29) is 0 Å². The van der Waals surface area contributed by atoms with Crippen LogP contribution in [0.1, 0.15) is 26.3 Å². The highest BCUT2D eigenvalue weighted by Crippen LogP contribution is 2.18. The van der Waals surface area contributed by atoms with Crippen molar-refractivity contribution in [3.63, 3.8) is 0 Å². The fourth-order valence-electron chi connectivity index (χ4n) is 1.30. The van der Waals surface area contributed by atoms with Crippen LogP contribution >= 0.6 is 0 Å². The monoisotopic (exact) mass is 206 g/mol. The SMILES string of the molecule is Cc1cc(NCC(C)C(C)C)ccc1N. The molecule has 0 fully saturated rings. The molecule has 1 aromatic rings. The molecular formula is C13H22N2. The second-order valence-electron chi connectivity index (χ2n) is 4.67. The van der Waals surface area contributed by atoms with Gasteiger partial charge in [0.2, 0.25) is 0 Å². The van der Waals surface area contributed by atoms with Crippen molar-refractivity contribution < 1.29 is 0 Å². The zero-order valence-corrected chi connectivity index (χ0v) is 10.2. The average molecular weight is 206 g/mol. The summed E-state index contributed by atoms with van der Waals surface area (Å²) < 4.78 is 0. The Morgan fingerprint density at radius 1 is 1.27 bits per heavy atom. The lowest BCUT2D eigenvalue weighted by Gasteiger charge is -2.17. The molecule has 0 amide bonds. The van der Waals surface area contributed by atoms with Gasteiger partial charge in [-0.05, 0) is 42.5 Å². The number of nitrogens with one attached hydrogen (secondary N) is 1. The Morgan fingerprint density at radius 3 is 2.47 bits per heavy atom. The molecule has 2 heteroatoms. The van der Waals surface area contributed by atoms with Crippen molar-refractivity contribution in [1.82, 2.24) is 0 Å². The maximum absolute atomic E-state index is 5.77. The Morgan fingerprint density at radius 2 is 1.93 bits per heavy atom. The Kier molecular flexibility index (Phi) is 4.01. The van der Waals surface area contributed by atoms with Crippen LogP contribution in [0.15, 0.2) is 18.2 Å². The minimum Gasteiger partial charge on any atom is -0.399 e. The van der Waals surface area contributed by atoms with Crippen LogP contribution < -0.4 is 11.1 Å². The van der Waals surface area contributed by atoms with Gasteiger partial charge in [-0.1, -0.05) is 20.8 Å². The summed E-state index contributed by atoms with van der Waals surface area (Å²) in [4.78, 5) is 0. The normalized spacial score (nSPS) is 12.9. The summed E-state index contributed by atoms with van der Waals surface area (Å²) in [5.41, 5.74) is 8.92. The van der Waals surface area contributed by atoms with E-state index in [0.29, 0.717) is 11.8 Å². The first kappa shape index (κ1) is 11.9. The van der Waals surface area contributed by atoms with E-state index in [1.807, 2.05) is 19.1 Å². The molecule has 0 saturated heterocycles. The van der Waals surface area contributed by atoms with Crippen molar-refractivity contribution in [3.8, 4) is 0 Å². The number of nitrogens with two attached hydrogens (primary N) is 1. The van der Waals surface area contributed by atoms with Crippen LogP contribution in [-0.4, -0.2) is 6.54 Å². The first-order valence-electron chi connectivity index (χ1n) is 5.60. The largest absolute Gasteiger partial charge is 0.399 e. The van der Waals surface area contributed by atoms with E-state index in [1.54, 1.807) is 0 Å². The lowest BCUT2D eigenvalue weighted by molar-refractivity contribution is 0.440. The Balaban J connectivity index is 2.55. The van der Waals surface area contributed by atoms with E-state index < -0.39 is 0 Å². The highest BCUT2D eigenvalue weighted by molar-refractivity contribution is 5.56. The van der Waals surface area contributed by atoms with E-state index in [1.165, 1.54) is 0 Å². The van der Waals surface area contributed by atoms with Gasteiger partial charge in [-0.15, -0.1) is 0 Å². The molecule has 0 aliphatic heterocycles. The van der Waals surface area contributed by atoms with Crippen molar-refractivity contribution in [2.75, 3.05) is 17.6 Å². The zero-order valence-electron chi connectivity index (χ0n) is 10.2. The Bertz CT molecular complexity index is 318. The lowest BCUT2D eigenvalue weighted by atomic mass is 9.98. The van der Waals surface area contributed by atoms with Gasteiger partial charge in [0, 0.05) is 17.9 Å². The molecule has 1 rings (SSSR count). The minimum absolute atomic E-state index is 0.683. The van der Waals surface area contributed by atoms with Gasteiger partial charge < -0.3 is 11.1 Å².